The maximum Gasteiger partial charge on any atom is 0.335 e. The summed E-state index contributed by atoms with van der Waals surface area (Å²) in [5.74, 6) is -0.735. The summed E-state index contributed by atoms with van der Waals surface area (Å²) in [5, 5.41) is 13.9. The number of anilines is 2. The minimum Gasteiger partial charge on any atom is -0.497 e. The lowest BCUT2D eigenvalue weighted by Crippen LogP contribution is -2.72. The lowest BCUT2D eigenvalue weighted by Gasteiger charge is -2.52. The number of fused-ring (bicyclic) bond motifs is 1. The predicted octanol–water partition coefficient (Wildman–Crippen LogP) is 4.20. The van der Waals surface area contributed by atoms with Crippen LogP contribution in [0.25, 0.3) is 0 Å². The Labute approximate surface area is 209 Å². The van der Waals surface area contributed by atoms with Crippen molar-refractivity contribution in [2.24, 2.45) is 5.41 Å². The zero-order valence-electron chi connectivity index (χ0n) is 20.7. The first kappa shape index (κ1) is 25.2. The molecule has 0 aromatic heterocycles. The van der Waals surface area contributed by atoms with E-state index in [-0.39, 0.29) is 12.1 Å². The molecule has 0 bridgehead atoms. The van der Waals surface area contributed by atoms with Crippen LogP contribution in [0.15, 0.2) is 42.5 Å². The van der Waals surface area contributed by atoms with Gasteiger partial charge < -0.3 is 9.64 Å². The Bertz CT molecular complexity index is 1200. The minimum atomic E-state index is -1.63. The van der Waals surface area contributed by atoms with Crippen molar-refractivity contribution in [3.05, 3.63) is 58.1 Å². The second-order valence-electron chi connectivity index (χ2n) is 9.17. The third-order valence-electron chi connectivity index (χ3n) is 7.06. The van der Waals surface area contributed by atoms with Gasteiger partial charge >= 0.3 is 6.03 Å². The van der Waals surface area contributed by atoms with Crippen LogP contribution in [-0.4, -0.2) is 42.5 Å². The first-order valence-corrected chi connectivity index (χ1v) is 12.2. The molecule has 1 N–H and O–H groups in total. The summed E-state index contributed by atoms with van der Waals surface area (Å²) in [6.07, 6.45) is 2.89. The summed E-state index contributed by atoms with van der Waals surface area (Å²) >= 11 is 0. The number of urea groups is 1. The Morgan fingerprint density at radius 1 is 1.11 bits per heavy atom. The maximum absolute atomic E-state index is 14.3. The fraction of sp³-hybridized carbons (Fsp3) is 0.423. The summed E-state index contributed by atoms with van der Waals surface area (Å²) in [6, 6.07) is 9.70. The molecule has 1 spiro atoms. The number of rotatable bonds is 8. The van der Waals surface area contributed by atoms with Crippen LogP contribution < -0.4 is 19.9 Å². The van der Waals surface area contributed by atoms with Crippen LogP contribution in [-0.2, 0) is 16.0 Å². The molecule has 4 amide bonds. The zero-order valence-corrected chi connectivity index (χ0v) is 20.7. The number of hydrogen-bond acceptors (Lipinski definition) is 7. The lowest BCUT2D eigenvalue weighted by atomic mass is 9.67. The number of nitrogens with zero attached hydrogens (tertiary/aromatic N) is 3. The number of nitrogens with one attached hydrogen (secondary N) is 1. The molecule has 2 atom stereocenters. The summed E-state index contributed by atoms with van der Waals surface area (Å²) in [7, 11) is 1.51. The van der Waals surface area contributed by atoms with Crippen LogP contribution in [0.3, 0.4) is 0 Å². The molecule has 10 heteroatoms. The minimum absolute atomic E-state index is 0.0398. The number of benzene rings is 2. The third-order valence-corrected chi connectivity index (χ3v) is 7.06. The van der Waals surface area contributed by atoms with Gasteiger partial charge in [-0.2, -0.15) is 0 Å². The van der Waals surface area contributed by atoms with Crippen LogP contribution in [0.1, 0.15) is 45.1 Å². The summed E-state index contributed by atoms with van der Waals surface area (Å²) < 4.78 is 5.19. The molecule has 0 radical (unpaired) electrons. The number of non-ortho nitro benzene ring substituents is 1. The SMILES string of the molecule is CCCCN1c2ccc([N+](=O)[O-])cc2CC2(C(=O)NC(=O)N(c3ccc(OC)cc3)C2=O)C1CCC. The molecule has 190 valence electrons. The van der Waals surface area contributed by atoms with E-state index in [1.807, 2.05) is 18.7 Å². The van der Waals surface area contributed by atoms with Crippen LogP contribution in [0.4, 0.5) is 21.9 Å². The molecular weight excluding hydrogens is 464 g/mol. The molecule has 2 unspecified atom stereocenters. The Kier molecular flexibility index (Phi) is 6.96. The van der Waals surface area contributed by atoms with Gasteiger partial charge in [0.25, 0.3) is 11.6 Å². The highest BCUT2D eigenvalue weighted by atomic mass is 16.6. The fourth-order valence-electron chi connectivity index (χ4n) is 5.31. The van der Waals surface area contributed by atoms with Crippen molar-refractivity contribution >= 4 is 34.9 Å². The fourth-order valence-corrected chi connectivity index (χ4v) is 5.31. The highest BCUT2D eigenvalue weighted by molar-refractivity contribution is 6.30. The molecule has 2 aliphatic rings. The molecule has 10 nitrogen and oxygen atoms in total. The number of nitro benzene ring substituents is 1. The van der Waals surface area contributed by atoms with Crippen molar-refractivity contribution in [1.29, 1.82) is 0 Å². The van der Waals surface area contributed by atoms with Crippen molar-refractivity contribution in [1.82, 2.24) is 5.32 Å². The van der Waals surface area contributed by atoms with E-state index in [1.54, 1.807) is 30.3 Å². The first-order valence-electron chi connectivity index (χ1n) is 12.2. The number of ether oxygens (including phenoxy) is 1. The molecular formula is C26H30N4O6. The maximum atomic E-state index is 14.3. The predicted molar refractivity (Wildman–Crippen MR) is 134 cm³/mol. The van der Waals surface area contributed by atoms with Crippen LogP contribution in [0.2, 0.25) is 0 Å². The van der Waals surface area contributed by atoms with Crippen molar-refractivity contribution in [2.45, 2.75) is 52.0 Å². The molecule has 4 rings (SSSR count). The van der Waals surface area contributed by atoms with E-state index in [4.69, 9.17) is 4.74 Å². The van der Waals surface area contributed by atoms with Gasteiger partial charge in [0.15, 0.2) is 5.41 Å². The number of carbonyl (C=O) groups is 3. The van der Waals surface area contributed by atoms with Crippen molar-refractivity contribution in [3.63, 3.8) is 0 Å². The number of amides is 4. The second kappa shape index (κ2) is 9.96. The van der Waals surface area contributed by atoms with Gasteiger partial charge in [-0.05, 0) is 48.7 Å². The lowest BCUT2D eigenvalue weighted by molar-refractivity contribution is -0.384. The highest BCUT2D eigenvalue weighted by Crippen LogP contribution is 2.47. The number of methoxy groups -OCH3 is 1. The Morgan fingerprint density at radius 3 is 2.44 bits per heavy atom. The molecule has 0 aliphatic carbocycles. The van der Waals surface area contributed by atoms with Crippen LogP contribution >= 0.6 is 0 Å². The van der Waals surface area contributed by atoms with Crippen molar-refractivity contribution in [3.8, 4) is 5.75 Å². The monoisotopic (exact) mass is 494 g/mol. The van der Waals surface area contributed by atoms with Gasteiger partial charge in [-0.3, -0.25) is 25.0 Å². The number of carbonyl (C=O) groups excluding carboxylic acids is 3. The number of barbiturate groups is 1. The molecule has 36 heavy (non-hydrogen) atoms. The number of unbranched alkanes of at least 4 members (excludes halogenated alkanes) is 1. The Hall–Kier alpha value is -3.95. The topological polar surface area (TPSA) is 122 Å². The summed E-state index contributed by atoms with van der Waals surface area (Å²) in [5.41, 5.74) is -0.1000. The molecule has 2 aromatic rings. The molecule has 0 saturated carbocycles. The van der Waals surface area contributed by atoms with Gasteiger partial charge in [-0.25, -0.2) is 9.69 Å². The van der Waals surface area contributed by atoms with Gasteiger partial charge in [0, 0.05) is 30.8 Å². The van der Waals surface area contributed by atoms with E-state index < -0.39 is 34.2 Å². The second-order valence-corrected chi connectivity index (χ2v) is 9.17. The van der Waals surface area contributed by atoms with E-state index in [0.717, 1.165) is 23.4 Å². The van der Waals surface area contributed by atoms with Crippen LogP contribution in [0, 0.1) is 15.5 Å². The van der Waals surface area contributed by atoms with Gasteiger partial charge in [0.2, 0.25) is 5.91 Å². The first-order chi connectivity index (χ1) is 17.3. The summed E-state index contributed by atoms with van der Waals surface area (Å²) in [6.45, 7) is 4.60. The van der Waals surface area contributed by atoms with Gasteiger partial charge in [0.1, 0.15) is 5.75 Å². The summed E-state index contributed by atoms with van der Waals surface area (Å²) in [4.78, 5) is 54.9. The van der Waals surface area contributed by atoms with Crippen molar-refractivity contribution in [2.75, 3.05) is 23.5 Å². The van der Waals surface area contributed by atoms with E-state index in [9.17, 15) is 24.5 Å². The largest absolute Gasteiger partial charge is 0.497 e. The van der Waals surface area contributed by atoms with E-state index in [2.05, 4.69) is 5.32 Å². The smallest absolute Gasteiger partial charge is 0.335 e. The molecule has 2 heterocycles. The molecule has 1 fully saturated rings. The zero-order chi connectivity index (χ0) is 26.0. The van der Waals surface area contributed by atoms with Crippen molar-refractivity contribution < 1.29 is 24.0 Å². The highest BCUT2D eigenvalue weighted by Gasteiger charge is 2.62. The van der Waals surface area contributed by atoms with E-state index >= 15 is 0 Å². The average molecular weight is 495 g/mol. The van der Waals surface area contributed by atoms with E-state index in [1.165, 1.54) is 19.2 Å². The Morgan fingerprint density at radius 2 is 1.83 bits per heavy atom. The number of imide groups is 2. The standard InChI is InChI=1S/C26H30N4O6/c1-4-6-14-28-21-13-10-19(30(34)35)15-17(21)16-26(22(28)7-5-2)23(31)27-25(33)29(24(26)32)18-8-11-20(36-3)12-9-18/h8-13,15,22H,4-7,14,16H2,1-3H3,(H,27,31,33). The van der Waals surface area contributed by atoms with E-state index in [0.29, 0.717) is 36.4 Å². The number of nitro groups is 1. The molecule has 2 aliphatic heterocycles. The quantitative estimate of drug-likeness (QED) is 0.331. The average Bonchev–Trinajstić information content (AvgIpc) is 2.87. The van der Waals surface area contributed by atoms with Gasteiger partial charge in [-0.15, -0.1) is 0 Å². The molecule has 2 aromatic carbocycles. The normalized spacial score (nSPS) is 21.4. The Balaban J connectivity index is 1.89. The van der Waals surface area contributed by atoms with Crippen LogP contribution in [0.5, 0.6) is 5.75 Å². The van der Waals surface area contributed by atoms with Gasteiger partial charge in [0.05, 0.1) is 23.8 Å². The third kappa shape index (κ3) is 4.06. The van der Waals surface area contributed by atoms with Gasteiger partial charge in [-0.1, -0.05) is 26.7 Å². The number of hydrogen-bond donors (Lipinski definition) is 1. The molecule has 1 saturated heterocycles.